The normalized spacial score (nSPS) is 13.0. The Labute approximate surface area is 117 Å². The van der Waals surface area contributed by atoms with Gasteiger partial charge in [-0.3, -0.25) is 4.79 Å². The highest BCUT2D eigenvalue weighted by atomic mass is 32.2. The number of rotatable bonds is 6. The Morgan fingerprint density at radius 2 is 2.15 bits per heavy atom. The second-order valence-electron chi connectivity index (χ2n) is 4.16. The number of carbonyl (C=O) groups is 1. The number of carbonyl (C=O) groups excluding carboxylic acids is 1. The molecule has 0 aliphatic carbocycles. The van der Waals surface area contributed by atoms with Crippen LogP contribution in [0.1, 0.15) is 24.2 Å². The van der Waals surface area contributed by atoms with Gasteiger partial charge in [0, 0.05) is 13.2 Å². The zero-order valence-electron chi connectivity index (χ0n) is 11.2. The summed E-state index contributed by atoms with van der Waals surface area (Å²) in [6, 6.07) is 2.88. The molecule has 0 saturated heterocycles. The molecular weight excluding hydrogens is 287 g/mol. The fourth-order valence-electron chi connectivity index (χ4n) is 1.53. The van der Waals surface area contributed by atoms with Crippen molar-refractivity contribution in [1.29, 1.82) is 0 Å². The molecule has 0 aliphatic heterocycles. The number of ether oxygens (including phenoxy) is 1. The second-order valence-corrected chi connectivity index (χ2v) is 5.72. The average Bonchev–Trinajstić information content (AvgIpc) is 2.35. The monoisotopic (exact) mass is 304 g/mol. The summed E-state index contributed by atoms with van der Waals surface area (Å²) in [6.07, 6.45) is -0.198. The highest BCUT2D eigenvalue weighted by Crippen LogP contribution is 2.13. The zero-order valence-corrected chi connectivity index (χ0v) is 12.0. The molecule has 0 radical (unpaired) electrons. The topological polar surface area (TPSA) is 98.5 Å². The summed E-state index contributed by atoms with van der Waals surface area (Å²) in [7, 11) is -3.99. The highest BCUT2D eigenvalue weighted by molar-refractivity contribution is 7.89. The van der Waals surface area contributed by atoms with Gasteiger partial charge in [-0.15, -0.1) is 0 Å². The van der Waals surface area contributed by atoms with Crippen LogP contribution in [0.15, 0.2) is 23.1 Å². The van der Waals surface area contributed by atoms with Gasteiger partial charge in [0.25, 0.3) is 5.91 Å². The van der Waals surface area contributed by atoms with Crippen LogP contribution in [0.3, 0.4) is 0 Å². The maximum atomic E-state index is 13.7. The van der Waals surface area contributed by atoms with E-state index in [9.17, 15) is 17.6 Å². The van der Waals surface area contributed by atoms with E-state index in [1.807, 2.05) is 6.92 Å². The number of hydrogen-bond donors (Lipinski definition) is 2. The quantitative estimate of drug-likeness (QED) is 0.805. The number of sulfonamides is 1. The van der Waals surface area contributed by atoms with Gasteiger partial charge in [-0.2, -0.15) is 0 Å². The number of amides is 1. The molecule has 6 nitrogen and oxygen atoms in total. The lowest BCUT2D eigenvalue weighted by Gasteiger charge is -2.13. The van der Waals surface area contributed by atoms with Crippen molar-refractivity contribution in [3.05, 3.63) is 29.6 Å². The van der Waals surface area contributed by atoms with E-state index in [0.29, 0.717) is 6.61 Å². The third-order valence-corrected chi connectivity index (χ3v) is 3.43. The summed E-state index contributed by atoms with van der Waals surface area (Å²) >= 11 is 0. The molecule has 1 rings (SSSR count). The summed E-state index contributed by atoms with van der Waals surface area (Å²) in [5.41, 5.74) is -0.249. The molecule has 0 saturated carbocycles. The average molecular weight is 304 g/mol. The van der Waals surface area contributed by atoms with Crippen molar-refractivity contribution in [2.24, 2.45) is 5.14 Å². The fraction of sp³-hybridized carbons (Fsp3) is 0.417. The molecule has 0 fully saturated rings. The molecule has 1 amide bonds. The standard InChI is InChI=1S/C12H17FN2O4S/c1-3-19-8(2)7-15-12(16)10-5-4-9(6-11(10)13)20(14,17)18/h4-6,8H,3,7H2,1-2H3,(H,15,16)(H2,14,17,18). The van der Waals surface area contributed by atoms with Crippen LogP contribution in [0.4, 0.5) is 4.39 Å². The fourth-order valence-corrected chi connectivity index (χ4v) is 2.06. The van der Waals surface area contributed by atoms with Gasteiger partial charge in [-0.1, -0.05) is 0 Å². The van der Waals surface area contributed by atoms with Crippen molar-refractivity contribution in [3.63, 3.8) is 0 Å². The van der Waals surface area contributed by atoms with Crippen molar-refractivity contribution in [1.82, 2.24) is 5.32 Å². The lowest BCUT2D eigenvalue weighted by Crippen LogP contribution is -2.32. The molecule has 3 N–H and O–H groups in total. The minimum Gasteiger partial charge on any atom is -0.377 e. The molecule has 0 aliphatic rings. The molecule has 20 heavy (non-hydrogen) atoms. The number of nitrogens with two attached hydrogens (primary N) is 1. The molecule has 8 heteroatoms. The Hall–Kier alpha value is -1.51. The molecule has 1 unspecified atom stereocenters. The summed E-state index contributed by atoms with van der Waals surface area (Å²) in [4.78, 5) is 11.4. The first-order valence-electron chi connectivity index (χ1n) is 5.97. The summed E-state index contributed by atoms with van der Waals surface area (Å²) in [5, 5.41) is 7.37. The maximum Gasteiger partial charge on any atom is 0.254 e. The predicted octanol–water partition coefficient (Wildman–Crippen LogP) is 0.628. The molecule has 0 spiro atoms. The molecule has 1 aromatic rings. The minimum absolute atomic E-state index is 0.198. The largest absolute Gasteiger partial charge is 0.377 e. The smallest absolute Gasteiger partial charge is 0.254 e. The number of halogens is 1. The molecule has 112 valence electrons. The van der Waals surface area contributed by atoms with Gasteiger partial charge in [0.1, 0.15) is 5.82 Å². The number of benzene rings is 1. The van der Waals surface area contributed by atoms with Gasteiger partial charge >= 0.3 is 0 Å². The molecule has 1 atom stereocenters. The molecule has 1 aromatic carbocycles. The number of primary sulfonamides is 1. The van der Waals surface area contributed by atoms with Gasteiger partial charge in [0.2, 0.25) is 10.0 Å². The highest BCUT2D eigenvalue weighted by Gasteiger charge is 2.16. The van der Waals surface area contributed by atoms with Crippen molar-refractivity contribution >= 4 is 15.9 Å². The van der Waals surface area contributed by atoms with E-state index in [0.717, 1.165) is 18.2 Å². The second kappa shape index (κ2) is 6.78. The Kier molecular flexibility index (Phi) is 5.61. The van der Waals surface area contributed by atoms with Crippen LogP contribution in [0.5, 0.6) is 0 Å². The van der Waals surface area contributed by atoms with E-state index < -0.39 is 21.7 Å². The molecule has 0 bridgehead atoms. The minimum atomic E-state index is -3.99. The van der Waals surface area contributed by atoms with Gasteiger partial charge in [0.15, 0.2) is 0 Å². The molecule has 0 heterocycles. The van der Waals surface area contributed by atoms with E-state index in [2.05, 4.69) is 5.32 Å². The Bertz CT molecular complexity index is 589. The first-order chi connectivity index (χ1) is 9.25. The lowest BCUT2D eigenvalue weighted by molar-refractivity contribution is 0.0693. The summed E-state index contributed by atoms with van der Waals surface area (Å²) < 4.78 is 41.0. The van der Waals surface area contributed by atoms with Crippen LogP contribution in [0, 0.1) is 5.82 Å². The third kappa shape index (κ3) is 4.55. The Balaban J connectivity index is 2.80. The van der Waals surface area contributed by atoms with Crippen molar-refractivity contribution in [2.45, 2.75) is 24.8 Å². The summed E-state index contributed by atoms with van der Waals surface area (Å²) in [5.74, 6) is -1.59. The SMILES string of the molecule is CCOC(C)CNC(=O)c1ccc(S(N)(=O)=O)cc1F. The van der Waals surface area contributed by atoms with Crippen molar-refractivity contribution in [3.8, 4) is 0 Å². The molecule has 0 aromatic heterocycles. The van der Waals surface area contributed by atoms with Crippen LogP contribution in [0.2, 0.25) is 0 Å². The van der Waals surface area contributed by atoms with Crippen LogP contribution in [0.25, 0.3) is 0 Å². The Morgan fingerprint density at radius 1 is 1.50 bits per heavy atom. The predicted molar refractivity (Wildman–Crippen MR) is 71.2 cm³/mol. The van der Waals surface area contributed by atoms with Crippen molar-refractivity contribution in [2.75, 3.05) is 13.2 Å². The lowest BCUT2D eigenvalue weighted by atomic mass is 10.2. The third-order valence-electron chi connectivity index (χ3n) is 2.51. The van der Waals surface area contributed by atoms with Crippen LogP contribution >= 0.6 is 0 Å². The first kappa shape index (κ1) is 16.5. The number of nitrogens with one attached hydrogen (secondary N) is 1. The van der Waals surface area contributed by atoms with E-state index in [-0.39, 0.29) is 23.1 Å². The van der Waals surface area contributed by atoms with Crippen molar-refractivity contribution < 1.29 is 22.3 Å². The van der Waals surface area contributed by atoms with E-state index in [1.54, 1.807) is 6.92 Å². The van der Waals surface area contributed by atoms with E-state index in [4.69, 9.17) is 9.88 Å². The zero-order chi connectivity index (χ0) is 15.3. The van der Waals surface area contributed by atoms with Gasteiger partial charge in [-0.05, 0) is 32.0 Å². The maximum absolute atomic E-state index is 13.7. The Morgan fingerprint density at radius 3 is 2.65 bits per heavy atom. The van der Waals surface area contributed by atoms with Gasteiger partial charge < -0.3 is 10.1 Å². The van der Waals surface area contributed by atoms with Gasteiger partial charge in [0.05, 0.1) is 16.6 Å². The summed E-state index contributed by atoms with van der Waals surface area (Å²) in [6.45, 7) is 4.33. The van der Waals surface area contributed by atoms with Gasteiger partial charge in [-0.25, -0.2) is 17.9 Å². The molecular formula is C12H17FN2O4S. The first-order valence-corrected chi connectivity index (χ1v) is 7.52. The van der Waals surface area contributed by atoms with Crippen LogP contribution in [-0.2, 0) is 14.8 Å². The van der Waals surface area contributed by atoms with E-state index >= 15 is 0 Å². The van der Waals surface area contributed by atoms with Crippen LogP contribution in [-0.4, -0.2) is 33.6 Å². The van der Waals surface area contributed by atoms with Crippen LogP contribution < -0.4 is 10.5 Å². The van der Waals surface area contributed by atoms with E-state index in [1.165, 1.54) is 0 Å². The number of hydrogen-bond acceptors (Lipinski definition) is 4.